The number of carboxylic acid groups (broad SMARTS) is 1. The summed E-state index contributed by atoms with van der Waals surface area (Å²) in [6.07, 6.45) is 1.17. The summed E-state index contributed by atoms with van der Waals surface area (Å²) in [5.74, 6) is -1.85. The minimum Gasteiger partial charge on any atom is -0.479 e. The lowest BCUT2D eigenvalue weighted by Crippen LogP contribution is -2.35. The number of aryl methyl sites for hydroxylation is 1. The Balaban J connectivity index is 2.39. The van der Waals surface area contributed by atoms with Crippen LogP contribution in [0.1, 0.15) is 10.7 Å². The van der Waals surface area contributed by atoms with Gasteiger partial charge in [-0.3, -0.25) is 4.79 Å². The first-order valence-electron chi connectivity index (χ1n) is 4.78. The molecule has 1 aromatic heterocycles. The van der Waals surface area contributed by atoms with Crippen LogP contribution in [0.5, 0.6) is 0 Å². The quantitative estimate of drug-likeness (QED) is 0.645. The SMILES string of the molecule is Cc1nc(C=CC(=O)NCC(O)C(=O)O)cs1. The largest absolute Gasteiger partial charge is 0.479 e. The molecule has 1 amide bonds. The molecule has 0 spiro atoms. The Morgan fingerprint density at radius 1 is 1.65 bits per heavy atom. The van der Waals surface area contributed by atoms with Crippen molar-refractivity contribution in [3.05, 3.63) is 22.2 Å². The summed E-state index contributed by atoms with van der Waals surface area (Å²) in [7, 11) is 0. The second-order valence-electron chi connectivity index (χ2n) is 3.22. The molecular weight excluding hydrogens is 244 g/mol. The van der Waals surface area contributed by atoms with Gasteiger partial charge in [-0.25, -0.2) is 9.78 Å². The van der Waals surface area contributed by atoms with Gasteiger partial charge in [0.05, 0.1) is 17.2 Å². The number of nitrogens with one attached hydrogen (secondary N) is 1. The minimum atomic E-state index is -1.59. The maximum atomic E-state index is 11.2. The van der Waals surface area contributed by atoms with E-state index in [1.807, 2.05) is 6.92 Å². The van der Waals surface area contributed by atoms with Crippen LogP contribution in [0, 0.1) is 6.92 Å². The number of aliphatic hydroxyl groups excluding tert-OH is 1. The van der Waals surface area contributed by atoms with Crippen molar-refractivity contribution >= 4 is 29.3 Å². The number of thiazole rings is 1. The fourth-order valence-corrected chi connectivity index (χ4v) is 1.54. The van der Waals surface area contributed by atoms with Gasteiger partial charge in [0, 0.05) is 11.5 Å². The summed E-state index contributed by atoms with van der Waals surface area (Å²) in [6.45, 7) is 1.53. The van der Waals surface area contributed by atoms with Gasteiger partial charge in [-0.05, 0) is 13.0 Å². The Morgan fingerprint density at radius 2 is 2.35 bits per heavy atom. The number of amides is 1. The fourth-order valence-electron chi connectivity index (χ4n) is 0.961. The molecule has 0 bridgehead atoms. The minimum absolute atomic E-state index is 0.325. The zero-order valence-electron chi connectivity index (χ0n) is 9.08. The molecular formula is C10H12N2O4S. The Morgan fingerprint density at radius 3 is 2.88 bits per heavy atom. The van der Waals surface area contributed by atoms with Crippen LogP contribution in [0.3, 0.4) is 0 Å². The lowest BCUT2D eigenvalue weighted by atomic mass is 10.3. The third-order valence-corrected chi connectivity index (χ3v) is 2.59. The van der Waals surface area contributed by atoms with Crippen molar-refractivity contribution in [3.8, 4) is 0 Å². The number of nitrogens with zero attached hydrogens (tertiary/aromatic N) is 1. The monoisotopic (exact) mass is 256 g/mol. The first-order chi connectivity index (χ1) is 7.99. The third kappa shape index (κ3) is 4.75. The summed E-state index contributed by atoms with van der Waals surface area (Å²) in [6, 6.07) is 0. The molecule has 0 fully saturated rings. The van der Waals surface area contributed by atoms with Gasteiger partial charge in [0.25, 0.3) is 0 Å². The molecule has 1 heterocycles. The van der Waals surface area contributed by atoms with Gasteiger partial charge in [-0.15, -0.1) is 11.3 Å². The Bertz CT molecular complexity index is 441. The molecule has 3 N–H and O–H groups in total. The first kappa shape index (κ1) is 13.3. The van der Waals surface area contributed by atoms with E-state index >= 15 is 0 Å². The molecule has 0 aromatic carbocycles. The molecule has 6 nitrogen and oxygen atoms in total. The van der Waals surface area contributed by atoms with Crippen molar-refractivity contribution in [1.82, 2.24) is 10.3 Å². The second kappa shape index (κ2) is 6.12. The molecule has 17 heavy (non-hydrogen) atoms. The van der Waals surface area contributed by atoms with E-state index < -0.39 is 18.0 Å². The zero-order valence-corrected chi connectivity index (χ0v) is 9.90. The predicted octanol–water partition coefficient (Wildman–Crippen LogP) is 0.0264. The number of hydrogen-bond acceptors (Lipinski definition) is 5. The summed E-state index contributed by atoms with van der Waals surface area (Å²) in [5, 5.41) is 22.2. The number of carboxylic acids is 1. The molecule has 7 heteroatoms. The lowest BCUT2D eigenvalue weighted by molar-refractivity contribution is -0.146. The van der Waals surface area contributed by atoms with Gasteiger partial charge in [0.2, 0.25) is 5.91 Å². The van der Waals surface area contributed by atoms with Crippen LogP contribution in [0.4, 0.5) is 0 Å². The Labute approximate surface area is 102 Å². The topological polar surface area (TPSA) is 99.5 Å². The maximum absolute atomic E-state index is 11.2. The predicted molar refractivity (Wildman–Crippen MR) is 62.5 cm³/mol. The number of aliphatic hydroxyl groups is 1. The highest BCUT2D eigenvalue weighted by Gasteiger charge is 2.12. The Hall–Kier alpha value is -1.73. The molecule has 1 unspecified atom stereocenters. The molecule has 0 radical (unpaired) electrons. The van der Waals surface area contributed by atoms with E-state index in [0.29, 0.717) is 5.69 Å². The molecule has 92 valence electrons. The highest BCUT2D eigenvalue weighted by molar-refractivity contribution is 7.09. The van der Waals surface area contributed by atoms with Crippen LogP contribution in [-0.2, 0) is 9.59 Å². The number of rotatable bonds is 5. The molecule has 1 aromatic rings. The normalized spacial score (nSPS) is 12.6. The van der Waals surface area contributed by atoms with Crippen molar-refractivity contribution in [1.29, 1.82) is 0 Å². The van der Waals surface area contributed by atoms with E-state index in [2.05, 4.69) is 10.3 Å². The van der Waals surface area contributed by atoms with E-state index in [0.717, 1.165) is 5.01 Å². The average Bonchev–Trinajstić information content (AvgIpc) is 2.69. The van der Waals surface area contributed by atoms with Crippen molar-refractivity contribution in [3.63, 3.8) is 0 Å². The van der Waals surface area contributed by atoms with Crippen LogP contribution in [-0.4, -0.2) is 39.7 Å². The second-order valence-corrected chi connectivity index (χ2v) is 4.29. The van der Waals surface area contributed by atoms with E-state index in [4.69, 9.17) is 10.2 Å². The number of aromatic nitrogens is 1. The molecule has 0 saturated heterocycles. The zero-order chi connectivity index (χ0) is 12.8. The summed E-state index contributed by atoms with van der Waals surface area (Å²) >= 11 is 1.47. The van der Waals surface area contributed by atoms with Crippen molar-refractivity contribution in [2.45, 2.75) is 13.0 Å². The fraction of sp³-hybridized carbons (Fsp3) is 0.300. The van der Waals surface area contributed by atoms with E-state index in [1.165, 1.54) is 23.5 Å². The number of hydrogen-bond donors (Lipinski definition) is 3. The van der Waals surface area contributed by atoms with Crippen LogP contribution in [0.15, 0.2) is 11.5 Å². The molecule has 0 saturated carbocycles. The van der Waals surface area contributed by atoms with Crippen LogP contribution in [0.25, 0.3) is 6.08 Å². The van der Waals surface area contributed by atoms with Crippen molar-refractivity contribution in [2.75, 3.05) is 6.54 Å². The highest BCUT2D eigenvalue weighted by atomic mass is 32.1. The van der Waals surface area contributed by atoms with Gasteiger partial charge < -0.3 is 15.5 Å². The van der Waals surface area contributed by atoms with E-state index in [1.54, 1.807) is 5.38 Å². The number of carbonyl (C=O) groups excluding carboxylic acids is 1. The van der Waals surface area contributed by atoms with Gasteiger partial charge in [0.1, 0.15) is 0 Å². The van der Waals surface area contributed by atoms with Crippen molar-refractivity contribution in [2.24, 2.45) is 0 Å². The molecule has 1 atom stereocenters. The number of aliphatic carboxylic acids is 1. The van der Waals surface area contributed by atoms with Gasteiger partial charge in [0.15, 0.2) is 6.10 Å². The molecule has 1 rings (SSSR count). The summed E-state index contributed by atoms with van der Waals surface area (Å²) in [4.78, 5) is 25.6. The van der Waals surface area contributed by atoms with Gasteiger partial charge >= 0.3 is 5.97 Å². The van der Waals surface area contributed by atoms with Crippen LogP contribution < -0.4 is 5.32 Å². The van der Waals surface area contributed by atoms with Gasteiger partial charge in [-0.1, -0.05) is 0 Å². The third-order valence-electron chi connectivity index (χ3n) is 1.80. The van der Waals surface area contributed by atoms with Crippen LogP contribution >= 0.6 is 11.3 Å². The lowest BCUT2D eigenvalue weighted by Gasteiger charge is -2.04. The summed E-state index contributed by atoms with van der Waals surface area (Å²) in [5.41, 5.74) is 0.668. The first-order valence-corrected chi connectivity index (χ1v) is 5.66. The van der Waals surface area contributed by atoms with Crippen molar-refractivity contribution < 1.29 is 19.8 Å². The highest BCUT2D eigenvalue weighted by Crippen LogP contribution is 2.08. The maximum Gasteiger partial charge on any atom is 0.334 e. The van der Waals surface area contributed by atoms with E-state index in [9.17, 15) is 9.59 Å². The summed E-state index contributed by atoms with van der Waals surface area (Å²) < 4.78 is 0. The van der Waals surface area contributed by atoms with E-state index in [-0.39, 0.29) is 6.54 Å². The standard InChI is InChI=1S/C10H12N2O4S/c1-6-12-7(5-17-6)2-3-9(14)11-4-8(13)10(15)16/h2-3,5,8,13H,4H2,1H3,(H,11,14)(H,15,16). The Kier molecular flexibility index (Phi) is 4.80. The number of carbonyl (C=O) groups is 2. The molecule has 0 aliphatic rings. The molecule has 0 aliphatic heterocycles. The molecule has 0 aliphatic carbocycles. The average molecular weight is 256 g/mol. The smallest absolute Gasteiger partial charge is 0.334 e. The van der Waals surface area contributed by atoms with Gasteiger partial charge in [-0.2, -0.15) is 0 Å². The van der Waals surface area contributed by atoms with Crippen LogP contribution in [0.2, 0.25) is 0 Å².